The molecule has 4 aliphatic rings. The van der Waals surface area contributed by atoms with Gasteiger partial charge in [-0.15, -0.1) is 0 Å². The Labute approximate surface area is 335 Å². The average molecular weight is 757 g/mol. The van der Waals surface area contributed by atoms with Crippen LogP contribution in [0.15, 0.2) is 0 Å². The first kappa shape index (κ1) is 54.9. The quantitative estimate of drug-likeness (QED) is 0.164. The summed E-state index contributed by atoms with van der Waals surface area (Å²) in [6.07, 6.45) is 22.2. The lowest BCUT2D eigenvalue weighted by atomic mass is 9.66. The van der Waals surface area contributed by atoms with Gasteiger partial charge in [-0.3, -0.25) is 0 Å². The van der Waals surface area contributed by atoms with Crippen LogP contribution in [0.5, 0.6) is 0 Å². The maximum atomic E-state index is 13.2. The summed E-state index contributed by atoms with van der Waals surface area (Å²) >= 11 is 0. The van der Waals surface area contributed by atoms with Crippen LogP contribution in [0.1, 0.15) is 213 Å². The highest BCUT2D eigenvalue weighted by molar-refractivity contribution is 4.91. The lowest BCUT2D eigenvalue weighted by Gasteiger charge is -2.39. The molecule has 4 aliphatic carbocycles. The summed E-state index contributed by atoms with van der Waals surface area (Å²) in [5.41, 5.74) is -0.831. The third-order valence-electron chi connectivity index (χ3n) is 11.3. The molecule has 0 aromatic heterocycles. The van der Waals surface area contributed by atoms with Crippen LogP contribution in [0.4, 0.5) is 8.78 Å². The number of rotatable bonds is 15. The second kappa shape index (κ2) is 29.1. The van der Waals surface area contributed by atoms with Crippen molar-refractivity contribution in [1.29, 1.82) is 0 Å². The fourth-order valence-corrected chi connectivity index (χ4v) is 8.17. The van der Waals surface area contributed by atoms with Crippen LogP contribution in [0.3, 0.4) is 0 Å². The molecule has 0 bridgehead atoms. The van der Waals surface area contributed by atoms with Crippen LogP contribution >= 0.6 is 0 Å². The molecule has 0 heterocycles. The van der Waals surface area contributed by atoms with Gasteiger partial charge in [0, 0.05) is 0 Å². The van der Waals surface area contributed by atoms with E-state index in [2.05, 4.69) is 128 Å². The summed E-state index contributed by atoms with van der Waals surface area (Å²) in [5.74, 6) is 6.58. The standard InChI is InChI=1S/C9H17F.C9H18.C8H15F.C8H19N.C8H16.C7H17N/c1-7(2)4-8-5-9(3,10)6-8;1-8(2)7-9(3)5-4-6-9;1-7(2)6-8(9)4-3-5-8;1-8(2)6-5-7-9(3)4;1-7(2)6-8-4-3-5-8;1-7(2)5-6-8(3)4/h7-8H,4-6H2,1-3H3;8H,4-7H2,1-3H3;7H,3-6H2,1-2H3;8H,5-7H2,1-4H3;7-8H,3-6H2,1-2H3;7H,5-6H2,1-4H3. The zero-order chi connectivity index (χ0) is 41.4. The SMILES string of the molecule is CC(C)CC1(C)CCC1.CC(C)CC1(F)CCC1.CC(C)CC1CC(C)(F)C1.CC(C)CC1CCC1.CC(C)CCCN(C)C.CC(C)CCN(C)C. The first-order valence-electron chi connectivity index (χ1n) is 23.0. The van der Waals surface area contributed by atoms with Gasteiger partial charge in [0.15, 0.2) is 0 Å². The highest BCUT2D eigenvalue weighted by Crippen LogP contribution is 2.45. The molecule has 0 aliphatic heterocycles. The van der Waals surface area contributed by atoms with Gasteiger partial charge in [-0.25, -0.2) is 8.78 Å². The molecule has 0 spiro atoms. The van der Waals surface area contributed by atoms with Crippen molar-refractivity contribution >= 4 is 0 Å². The molecule has 0 N–H and O–H groups in total. The molecule has 0 amide bonds. The van der Waals surface area contributed by atoms with Crippen molar-refractivity contribution in [2.75, 3.05) is 41.3 Å². The second-order valence-electron chi connectivity index (χ2n) is 21.9. The van der Waals surface area contributed by atoms with Crippen molar-refractivity contribution in [3.8, 4) is 0 Å². The molecular formula is C49H102F2N2. The van der Waals surface area contributed by atoms with Gasteiger partial charge in [-0.2, -0.15) is 0 Å². The normalized spacial score (nSPS) is 22.5. The Morgan fingerprint density at radius 1 is 0.509 bits per heavy atom. The molecule has 0 atom stereocenters. The largest absolute Gasteiger partial charge is 0.309 e. The molecule has 0 aromatic rings. The first-order valence-corrected chi connectivity index (χ1v) is 23.0. The van der Waals surface area contributed by atoms with Crippen LogP contribution < -0.4 is 0 Å². The summed E-state index contributed by atoms with van der Waals surface area (Å²) in [5, 5.41) is 0. The van der Waals surface area contributed by atoms with E-state index < -0.39 is 11.3 Å². The van der Waals surface area contributed by atoms with Crippen LogP contribution in [0.25, 0.3) is 0 Å². The fourth-order valence-electron chi connectivity index (χ4n) is 8.17. The van der Waals surface area contributed by atoms with E-state index in [9.17, 15) is 8.78 Å². The van der Waals surface area contributed by atoms with Crippen LogP contribution in [-0.2, 0) is 0 Å². The van der Waals surface area contributed by atoms with Crippen molar-refractivity contribution in [3.05, 3.63) is 0 Å². The van der Waals surface area contributed by atoms with Gasteiger partial charge in [0.05, 0.1) is 0 Å². The van der Waals surface area contributed by atoms with E-state index in [-0.39, 0.29) is 0 Å². The van der Waals surface area contributed by atoms with Crippen LogP contribution in [0, 0.1) is 52.8 Å². The molecule has 53 heavy (non-hydrogen) atoms. The highest BCUT2D eigenvalue weighted by atomic mass is 19.1. The summed E-state index contributed by atoms with van der Waals surface area (Å²) in [4.78, 5) is 4.46. The van der Waals surface area contributed by atoms with E-state index in [4.69, 9.17) is 0 Å². The van der Waals surface area contributed by atoms with Crippen molar-refractivity contribution in [1.82, 2.24) is 9.80 Å². The van der Waals surface area contributed by atoms with Gasteiger partial charge in [0.2, 0.25) is 0 Å². The zero-order valence-corrected chi connectivity index (χ0v) is 39.9. The molecule has 4 heteroatoms. The van der Waals surface area contributed by atoms with E-state index in [0.717, 1.165) is 79.4 Å². The monoisotopic (exact) mass is 757 g/mol. The molecule has 322 valence electrons. The lowest BCUT2D eigenvalue weighted by Crippen LogP contribution is -2.37. The number of nitrogens with zero attached hydrogens (tertiary/aromatic N) is 2. The van der Waals surface area contributed by atoms with Gasteiger partial charge in [-0.05, 0) is 191 Å². The van der Waals surface area contributed by atoms with E-state index in [1.54, 1.807) is 6.92 Å². The summed E-state index contributed by atoms with van der Waals surface area (Å²) < 4.78 is 26.1. The predicted octanol–water partition coefficient (Wildman–Crippen LogP) is 15.7. The Hall–Kier alpha value is -0.220. The second-order valence-corrected chi connectivity index (χ2v) is 21.9. The Morgan fingerprint density at radius 3 is 1.13 bits per heavy atom. The lowest BCUT2D eigenvalue weighted by molar-refractivity contribution is 0.0157. The third kappa shape index (κ3) is 34.7. The summed E-state index contributed by atoms with van der Waals surface area (Å²) in [6, 6.07) is 0. The highest BCUT2D eigenvalue weighted by Gasteiger charge is 2.40. The third-order valence-corrected chi connectivity index (χ3v) is 11.3. The predicted molar refractivity (Wildman–Crippen MR) is 238 cm³/mol. The summed E-state index contributed by atoms with van der Waals surface area (Å²) in [7, 11) is 8.48. The minimum Gasteiger partial charge on any atom is -0.309 e. The number of hydrogen-bond acceptors (Lipinski definition) is 2. The molecule has 4 saturated carbocycles. The summed E-state index contributed by atoms with van der Waals surface area (Å²) in [6.45, 7) is 33.5. The number of alkyl halides is 2. The number of hydrogen-bond donors (Lipinski definition) is 0. The van der Waals surface area contributed by atoms with Gasteiger partial charge in [0.1, 0.15) is 11.3 Å². The minimum atomic E-state index is -0.820. The Kier molecular flexibility index (Phi) is 30.1. The zero-order valence-electron chi connectivity index (χ0n) is 39.9. The molecule has 4 fully saturated rings. The van der Waals surface area contributed by atoms with Crippen molar-refractivity contribution in [2.24, 2.45) is 52.8 Å². The molecule has 0 saturated heterocycles. The fraction of sp³-hybridized carbons (Fsp3) is 1.00. The van der Waals surface area contributed by atoms with Gasteiger partial charge in [0.25, 0.3) is 0 Å². The molecular weight excluding hydrogens is 655 g/mol. The van der Waals surface area contributed by atoms with Crippen molar-refractivity contribution < 1.29 is 8.78 Å². The van der Waals surface area contributed by atoms with E-state index in [0.29, 0.717) is 11.8 Å². The van der Waals surface area contributed by atoms with Crippen LogP contribution in [0.2, 0.25) is 0 Å². The maximum absolute atomic E-state index is 13.2. The minimum absolute atomic E-state index is 0.523. The average Bonchev–Trinajstić information content (AvgIpc) is 2.92. The Balaban J connectivity index is 0. The van der Waals surface area contributed by atoms with Gasteiger partial charge < -0.3 is 9.80 Å². The van der Waals surface area contributed by atoms with E-state index in [1.807, 2.05) is 0 Å². The first-order chi connectivity index (χ1) is 24.3. The number of halogens is 2. The van der Waals surface area contributed by atoms with Crippen LogP contribution in [-0.4, -0.2) is 62.4 Å². The Bertz CT molecular complexity index is 764. The molecule has 2 nitrogen and oxygen atoms in total. The van der Waals surface area contributed by atoms with Crippen molar-refractivity contribution in [2.45, 2.75) is 224 Å². The maximum Gasteiger partial charge on any atom is 0.111 e. The van der Waals surface area contributed by atoms with Gasteiger partial charge in [-0.1, -0.05) is 116 Å². The topological polar surface area (TPSA) is 6.48 Å². The Morgan fingerprint density at radius 2 is 0.943 bits per heavy atom. The smallest absolute Gasteiger partial charge is 0.111 e. The molecule has 0 unspecified atom stereocenters. The molecule has 4 rings (SSSR count). The van der Waals surface area contributed by atoms with E-state index >= 15 is 0 Å². The molecule has 0 radical (unpaired) electrons. The van der Waals surface area contributed by atoms with E-state index in [1.165, 1.54) is 90.1 Å². The van der Waals surface area contributed by atoms with Crippen molar-refractivity contribution in [3.63, 3.8) is 0 Å². The molecule has 0 aromatic carbocycles. The van der Waals surface area contributed by atoms with Gasteiger partial charge >= 0.3 is 0 Å².